The normalized spacial score (nSPS) is 11.6. The Kier molecular flexibility index (Phi) is 5.94. The molecule has 0 fully saturated rings. The number of halogens is 3. The summed E-state index contributed by atoms with van der Waals surface area (Å²) in [5.41, 5.74) is -0.791. The number of rotatable bonds is 5. The number of pyridine rings is 1. The summed E-state index contributed by atoms with van der Waals surface area (Å²) in [5.74, 6) is -1.36. The van der Waals surface area contributed by atoms with Crippen molar-refractivity contribution >= 4 is 22.5 Å². The summed E-state index contributed by atoms with van der Waals surface area (Å²) in [6.07, 6.45) is 0. The minimum absolute atomic E-state index is 0.0488. The highest BCUT2D eigenvalue weighted by Gasteiger charge is 2.22. The lowest BCUT2D eigenvalue weighted by Crippen LogP contribution is -2.25. The first kappa shape index (κ1) is 22.9. The quantitative estimate of drug-likeness (QED) is 0.473. The van der Waals surface area contributed by atoms with Crippen LogP contribution in [0.3, 0.4) is 0 Å². The average Bonchev–Trinajstić information content (AvgIpc) is 3.08. The average molecular weight is 475 g/mol. The fraction of sp³-hybridized carbons (Fsp3) is 0.261. The SMILES string of the molecule is CCn1c(CO)nn(-c2cc3c(cc2F)c(=O)cc(-c2c(F)cccc2Cl)n3C(C)C)c1=O. The number of aliphatic hydroxyl groups is 1. The number of benzene rings is 2. The van der Waals surface area contributed by atoms with Crippen molar-refractivity contribution in [3.63, 3.8) is 0 Å². The smallest absolute Gasteiger partial charge is 0.350 e. The van der Waals surface area contributed by atoms with E-state index in [1.54, 1.807) is 11.5 Å². The molecule has 1 N–H and O–H groups in total. The molecular formula is C23H21ClF2N4O3. The van der Waals surface area contributed by atoms with E-state index < -0.39 is 29.4 Å². The predicted octanol–water partition coefficient (Wildman–Crippen LogP) is 4.04. The number of hydrogen-bond acceptors (Lipinski definition) is 4. The van der Waals surface area contributed by atoms with E-state index in [0.29, 0.717) is 0 Å². The molecule has 0 amide bonds. The van der Waals surface area contributed by atoms with Crippen LogP contribution in [0.4, 0.5) is 8.78 Å². The first-order valence-corrected chi connectivity index (χ1v) is 10.7. The van der Waals surface area contributed by atoms with Gasteiger partial charge in [-0.3, -0.25) is 9.36 Å². The van der Waals surface area contributed by atoms with Gasteiger partial charge < -0.3 is 9.67 Å². The molecule has 4 aromatic rings. The molecule has 2 aromatic heterocycles. The molecule has 0 spiro atoms. The Hall–Kier alpha value is -3.30. The lowest BCUT2D eigenvalue weighted by Gasteiger charge is -2.22. The first-order valence-electron chi connectivity index (χ1n) is 10.3. The molecule has 2 heterocycles. The molecule has 0 aliphatic carbocycles. The highest BCUT2D eigenvalue weighted by molar-refractivity contribution is 6.33. The molecule has 0 radical (unpaired) electrons. The van der Waals surface area contributed by atoms with Crippen LogP contribution >= 0.6 is 11.6 Å². The topological polar surface area (TPSA) is 82.0 Å². The predicted molar refractivity (Wildman–Crippen MR) is 122 cm³/mol. The monoisotopic (exact) mass is 474 g/mol. The van der Waals surface area contributed by atoms with Gasteiger partial charge in [0.25, 0.3) is 0 Å². The summed E-state index contributed by atoms with van der Waals surface area (Å²) in [6.45, 7) is 5.08. The Morgan fingerprint density at radius 2 is 1.85 bits per heavy atom. The van der Waals surface area contributed by atoms with E-state index in [4.69, 9.17) is 11.6 Å². The molecule has 10 heteroatoms. The number of aliphatic hydroxyl groups excluding tert-OH is 1. The van der Waals surface area contributed by atoms with E-state index in [0.717, 1.165) is 10.7 Å². The van der Waals surface area contributed by atoms with Crippen molar-refractivity contribution in [2.75, 3.05) is 0 Å². The molecule has 0 unspecified atom stereocenters. The van der Waals surface area contributed by atoms with Crippen LogP contribution in [0.25, 0.3) is 27.8 Å². The van der Waals surface area contributed by atoms with Crippen LogP contribution in [0, 0.1) is 11.6 Å². The summed E-state index contributed by atoms with van der Waals surface area (Å²) in [7, 11) is 0. The van der Waals surface area contributed by atoms with E-state index in [1.165, 1.54) is 34.9 Å². The second-order valence-corrected chi connectivity index (χ2v) is 8.20. The van der Waals surface area contributed by atoms with Crippen LogP contribution in [0.5, 0.6) is 0 Å². The third-order valence-corrected chi connectivity index (χ3v) is 5.79. The zero-order valence-corrected chi connectivity index (χ0v) is 18.9. The minimum Gasteiger partial charge on any atom is -0.388 e. The summed E-state index contributed by atoms with van der Waals surface area (Å²) in [5, 5.41) is 13.8. The first-order chi connectivity index (χ1) is 15.7. The van der Waals surface area contributed by atoms with Gasteiger partial charge in [0.05, 0.1) is 21.8 Å². The van der Waals surface area contributed by atoms with Gasteiger partial charge in [-0.25, -0.2) is 13.6 Å². The summed E-state index contributed by atoms with van der Waals surface area (Å²) in [4.78, 5) is 25.7. The maximum Gasteiger partial charge on any atom is 0.350 e. The molecule has 0 bridgehead atoms. The van der Waals surface area contributed by atoms with Crippen molar-refractivity contribution in [3.8, 4) is 16.9 Å². The van der Waals surface area contributed by atoms with Gasteiger partial charge in [0.1, 0.15) is 23.9 Å². The number of aromatic nitrogens is 4. The maximum absolute atomic E-state index is 15.1. The molecule has 2 aromatic carbocycles. The van der Waals surface area contributed by atoms with Gasteiger partial charge in [0.2, 0.25) is 0 Å². The minimum atomic E-state index is -0.834. The molecule has 4 rings (SSSR count). The van der Waals surface area contributed by atoms with Crippen molar-refractivity contribution in [1.82, 2.24) is 18.9 Å². The van der Waals surface area contributed by atoms with Crippen LogP contribution in [0.1, 0.15) is 32.6 Å². The van der Waals surface area contributed by atoms with Crippen molar-refractivity contribution in [2.24, 2.45) is 0 Å². The van der Waals surface area contributed by atoms with Crippen LogP contribution in [0.15, 0.2) is 46.0 Å². The fourth-order valence-corrected chi connectivity index (χ4v) is 4.29. The largest absolute Gasteiger partial charge is 0.388 e. The molecule has 172 valence electrons. The zero-order chi connectivity index (χ0) is 24.0. The molecule has 0 saturated carbocycles. The van der Waals surface area contributed by atoms with Gasteiger partial charge in [-0.1, -0.05) is 17.7 Å². The van der Waals surface area contributed by atoms with Gasteiger partial charge in [-0.2, -0.15) is 4.68 Å². The molecule has 33 heavy (non-hydrogen) atoms. The van der Waals surface area contributed by atoms with Gasteiger partial charge in [0, 0.05) is 24.0 Å². The molecular weight excluding hydrogens is 454 g/mol. The van der Waals surface area contributed by atoms with E-state index in [2.05, 4.69) is 5.10 Å². The van der Waals surface area contributed by atoms with E-state index in [1.807, 2.05) is 13.8 Å². The molecule has 0 saturated heterocycles. The summed E-state index contributed by atoms with van der Waals surface area (Å²) in [6, 6.07) is 7.53. The maximum atomic E-state index is 15.1. The van der Waals surface area contributed by atoms with Crippen LogP contribution in [-0.4, -0.2) is 24.0 Å². The molecule has 0 atom stereocenters. The molecule has 0 aliphatic rings. The second-order valence-electron chi connectivity index (χ2n) is 7.79. The van der Waals surface area contributed by atoms with E-state index in [-0.39, 0.29) is 51.3 Å². The number of nitrogens with zero attached hydrogens (tertiary/aromatic N) is 4. The molecule has 7 nitrogen and oxygen atoms in total. The van der Waals surface area contributed by atoms with Crippen molar-refractivity contribution < 1.29 is 13.9 Å². The Morgan fingerprint density at radius 3 is 2.42 bits per heavy atom. The van der Waals surface area contributed by atoms with Gasteiger partial charge in [0.15, 0.2) is 11.3 Å². The Balaban J connectivity index is 2.13. The van der Waals surface area contributed by atoms with E-state index >= 15 is 4.39 Å². The van der Waals surface area contributed by atoms with Crippen molar-refractivity contribution in [3.05, 3.63) is 79.6 Å². The van der Waals surface area contributed by atoms with Crippen LogP contribution < -0.4 is 11.1 Å². The van der Waals surface area contributed by atoms with E-state index in [9.17, 15) is 19.1 Å². The van der Waals surface area contributed by atoms with Crippen molar-refractivity contribution in [2.45, 2.75) is 40.0 Å². The Labute approximate surface area is 192 Å². The lowest BCUT2D eigenvalue weighted by atomic mass is 10.1. The molecule has 0 aliphatic heterocycles. The number of fused-ring (bicyclic) bond motifs is 1. The van der Waals surface area contributed by atoms with Gasteiger partial charge in [-0.05, 0) is 45.0 Å². The zero-order valence-electron chi connectivity index (χ0n) is 18.1. The summed E-state index contributed by atoms with van der Waals surface area (Å²) >= 11 is 6.27. The van der Waals surface area contributed by atoms with Gasteiger partial charge >= 0.3 is 5.69 Å². The second kappa shape index (κ2) is 8.57. The fourth-order valence-electron chi connectivity index (χ4n) is 4.03. The highest BCUT2D eigenvalue weighted by Crippen LogP contribution is 2.34. The Bertz CT molecular complexity index is 1480. The third kappa shape index (κ3) is 3.67. The van der Waals surface area contributed by atoms with Crippen LogP contribution in [0.2, 0.25) is 5.02 Å². The van der Waals surface area contributed by atoms with Crippen molar-refractivity contribution in [1.29, 1.82) is 0 Å². The standard InChI is InChI=1S/C23H21ClF2N4O3/c1-4-28-21(11-31)27-30(23(28)33)18-9-17-13(8-16(18)26)20(32)10-19(29(17)12(2)3)22-14(24)6-5-7-15(22)25/h5-10,12,31H,4,11H2,1-3H3. The van der Waals surface area contributed by atoms with Crippen LogP contribution in [-0.2, 0) is 13.2 Å². The van der Waals surface area contributed by atoms with Gasteiger partial charge in [-0.15, -0.1) is 5.10 Å². The lowest BCUT2D eigenvalue weighted by molar-refractivity contribution is 0.264. The Morgan fingerprint density at radius 1 is 1.12 bits per heavy atom. The third-order valence-electron chi connectivity index (χ3n) is 5.48. The number of hydrogen-bond donors (Lipinski definition) is 1. The highest BCUT2D eigenvalue weighted by atomic mass is 35.5. The summed E-state index contributed by atoms with van der Waals surface area (Å²) < 4.78 is 33.6.